The zero-order valence-electron chi connectivity index (χ0n) is 37.0. The predicted octanol–water partition coefficient (Wildman–Crippen LogP) is 7.57. The lowest BCUT2D eigenvalue weighted by Crippen LogP contribution is -2.44. The minimum Gasteiger partial charge on any atom is -0.385 e. The normalized spacial score (nSPS) is 21.7. The predicted molar refractivity (Wildman–Crippen MR) is 251 cm³/mol. The molecule has 0 bridgehead atoms. The molecule has 3 amide bonds. The Kier molecular flexibility index (Phi) is 10.5. The van der Waals surface area contributed by atoms with Gasteiger partial charge in [0.25, 0.3) is 5.91 Å². The molecule has 3 fully saturated rings. The maximum atomic E-state index is 13.6. The first-order valence-electron chi connectivity index (χ1n) is 23.1. The minimum atomic E-state index is -1.01. The first-order chi connectivity index (χ1) is 32.1. The van der Waals surface area contributed by atoms with E-state index in [2.05, 4.69) is 80.4 Å². The number of carbonyl (C=O) groups excluding carboxylic acids is 3. The van der Waals surface area contributed by atoms with Gasteiger partial charge in [0.2, 0.25) is 11.8 Å². The molecule has 1 saturated heterocycles. The number of carbonyl (C=O) groups is 3. The third kappa shape index (κ3) is 7.49. The smallest absolute Gasteiger partial charge is 0.329 e. The van der Waals surface area contributed by atoms with Crippen LogP contribution in [0.2, 0.25) is 0 Å². The lowest BCUT2D eigenvalue weighted by atomic mass is 9.76. The molecule has 11 rings (SSSR count). The average Bonchev–Trinajstić information content (AvgIpc) is 3.75. The van der Waals surface area contributed by atoms with Gasteiger partial charge in [0, 0.05) is 57.0 Å². The SMILES string of the molecule is CNc1cc(N2CCCc3c(-c4ccc(CC5CCC(c6ccc(-c7ccc8c(c7)n(C)c(=O)n8C7CCC(=O)NC7=O)cc6)CC5)cn4)cccc32)nn2c(C(=O)N[C@@H]3C[C@@H]3F)cnc12. The van der Waals surface area contributed by atoms with E-state index in [0.717, 1.165) is 90.8 Å². The summed E-state index contributed by atoms with van der Waals surface area (Å²) >= 11 is 0. The molecule has 0 spiro atoms. The van der Waals surface area contributed by atoms with Crippen LogP contribution in [-0.2, 0) is 29.5 Å². The highest BCUT2D eigenvalue weighted by atomic mass is 19.1. The van der Waals surface area contributed by atoms with E-state index in [1.165, 1.54) is 27.5 Å². The number of anilines is 3. The molecule has 15 heteroatoms. The summed E-state index contributed by atoms with van der Waals surface area (Å²) in [5.41, 5.74) is 11.7. The first-order valence-corrected chi connectivity index (χ1v) is 23.1. The van der Waals surface area contributed by atoms with Gasteiger partial charge in [0.15, 0.2) is 17.2 Å². The Hall–Kier alpha value is -7.16. The molecule has 2 saturated carbocycles. The van der Waals surface area contributed by atoms with Crippen LogP contribution >= 0.6 is 0 Å². The van der Waals surface area contributed by atoms with Crippen molar-refractivity contribution in [3.63, 3.8) is 0 Å². The fourth-order valence-electron chi connectivity index (χ4n) is 10.5. The molecular formula is C51H51FN10O4. The van der Waals surface area contributed by atoms with E-state index in [4.69, 9.17) is 10.1 Å². The van der Waals surface area contributed by atoms with Crippen molar-refractivity contribution in [3.05, 3.63) is 124 Å². The van der Waals surface area contributed by atoms with Crippen molar-refractivity contribution in [1.29, 1.82) is 0 Å². The Balaban J connectivity index is 0.740. The van der Waals surface area contributed by atoms with Crippen LogP contribution in [0.1, 0.15) is 90.5 Å². The summed E-state index contributed by atoms with van der Waals surface area (Å²) < 4.78 is 18.3. The van der Waals surface area contributed by atoms with Gasteiger partial charge in [-0.05, 0) is 115 Å². The van der Waals surface area contributed by atoms with Gasteiger partial charge in [-0.3, -0.25) is 33.8 Å². The maximum Gasteiger partial charge on any atom is 0.329 e. The van der Waals surface area contributed by atoms with Crippen LogP contribution in [0.5, 0.6) is 0 Å². The van der Waals surface area contributed by atoms with Crippen LogP contribution in [0.3, 0.4) is 0 Å². The van der Waals surface area contributed by atoms with Gasteiger partial charge >= 0.3 is 5.69 Å². The summed E-state index contributed by atoms with van der Waals surface area (Å²) in [6.07, 6.45) is 10.8. The van der Waals surface area contributed by atoms with E-state index >= 15 is 0 Å². The Morgan fingerprint density at radius 3 is 2.42 bits per heavy atom. The van der Waals surface area contributed by atoms with E-state index in [-0.39, 0.29) is 23.7 Å². The van der Waals surface area contributed by atoms with E-state index in [1.807, 2.05) is 37.5 Å². The van der Waals surface area contributed by atoms with Gasteiger partial charge in [0.1, 0.15) is 12.2 Å². The number of hydrogen-bond acceptors (Lipinski definition) is 9. The van der Waals surface area contributed by atoms with Crippen LogP contribution < -0.4 is 26.5 Å². The number of aryl methyl sites for hydroxylation is 1. The van der Waals surface area contributed by atoms with Crippen LogP contribution in [0.4, 0.5) is 21.6 Å². The summed E-state index contributed by atoms with van der Waals surface area (Å²) in [7, 11) is 3.54. The summed E-state index contributed by atoms with van der Waals surface area (Å²) in [5, 5.41) is 13.3. The molecule has 1 unspecified atom stereocenters. The Bertz CT molecular complexity index is 3110. The number of rotatable bonds is 10. The molecule has 3 N–H and O–H groups in total. The van der Waals surface area contributed by atoms with Crippen molar-refractivity contribution >= 4 is 51.6 Å². The number of benzene rings is 3. The van der Waals surface area contributed by atoms with Gasteiger partial charge in [-0.15, -0.1) is 5.10 Å². The van der Waals surface area contributed by atoms with Crippen molar-refractivity contribution < 1.29 is 18.8 Å². The summed E-state index contributed by atoms with van der Waals surface area (Å²) in [6.45, 7) is 0.757. The fourth-order valence-corrected chi connectivity index (χ4v) is 10.5. The standard InChI is InChI=1S/C51H51FN10O4/c1-53-40-26-46(58-62-45(28-55-48(40)62)50(65)56-39-25-37(39)52)60-22-4-6-36-35(5-3-7-41(36)60)38-18-10-30(27-54-38)23-29-8-11-31(12-9-29)32-13-15-33(16-14-32)34-17-19-42-44(24-34)59(2)51(66)61(42)43-20-21-47(63)57-49(43)64/h3,5,7,10,13-19,24,26-29,31,37,39,43,53H,4,6,8-9,11-12,20-23,25H2,1-2H3,(H,56,65)(H,57,63,64)/t29?,31?,37-,39+,43?/m0/s1. The van der Waals surface area contributed by atoms with Crippen LogP contribution in [0.15, 0.2) is 96.1 Å². The summed E-state index contributed by atoms with van der Waals surface area (Å²) in [6, 6.07) is 26.3. The number of nitrogens with one attached hydrogen (secondary N) is 3. The second kappa shape index (κ2) is 16.7. The summed E-state index contributed by atoms with van der Waals surface area (Å²) in [4.78, 5) is 62.5. The molecule has 2 aliphatic heterocycles. The molecule has 14 nitrogen and oxygen atoms in total. The largest absolute Gasteiger partial charge is 0.385 e. The highest BCUT2D eigenvalue weighted by Crippen LogP contribution is 2.41. The van der Waals surface area contributed by atoms with E-state index < -0.39 is 30.1 Å². The van der Waals surface area contributed by atoms with Crippen LogP contribution in [0, 0.1) is 5.92 Å². The fraction of sp³-hybridized carbons (Fsp3) is 0.353. The quantitative estimate of drug-likeness (QED) is 0.118. The number of hydrogen-bond donors (Lipinski definition) is 3. The molecule has 66 heavy (non-hydrogen) atoms. The molecule has 4 aromatic heterocycles. The molecule has 3 aromatic carbocycles. The number of halogens is 1. The second-order valence-corrected chi connectivity index (χ2v) is 18.4. The van der Waals surface area contributed by atoms with Crippen molar-refractivity contribution in [2.45, 2.75) is 88.4 Å². The minimum absolute atomic E-state index is 0.208. The van der Waals surface area contributed by atoms with Crippen molar-refractivity contribution in [1.82, 2.24) is 39.3 Å². The number of piperidine rings is 1. The Morgan fingerprint density at radius 2 is 1.68 bits per heavy atom. The molecule has 6 heterocycles. The number of alkyl halides is 1. The number of amides is 3. The maximum absolute atomic E-state index is 13.6. The van der Waals surface area contributed by atoms with Crippen LogP contribution in [-0.4, -0.2) is 72.2 Å². The Labute approximate surface area is 380 Å². The average molecular weight is 887 g/mol. The van der Waals surface area contributed by atoms with E-state index in [1.54, 1.807) is 16.1 Å². The molecular weight excluding hydrogens is 836 g/mol. The Morgan fingerprint density at radius 1 is 0.879 bits per heavy atom. The van der Waals surface area contributed by atoms with Crippen LogP contribution in [0.25, 0.3) is 39.1 Å². The number of fused-ring (bicyclic) bond motifs is 3. The molecule has 2 aliphatic carbocycles. The monoisotopic (exact) mass is 886 g/mol. The molecule has 336 valence electrons. The number of aromatic nitrogens is 6. The zero-order valence-corrected chi connectivity index (χ0v) is 37.0. The van der Waals surface area contributed by atoms with E-state index in [0.29, 0.717) is 41.7 Å². The van der Waals surface area contributed by atoms with E-state index in [9.17, 15) is 23.6 Å². The summed E-state index contributed by atoms with van der Waals surface area (Å²) in [5.74, 6) is 0.661. The highest BCUT2D eigenvalue weighted by Gasteiger charge is 2.39. The number of imidazole rings is 2. The van der Waals surface area contributed by atoms with Gasteiger partial charge < -0.3 is 15.5 Å². The first kappa shape index (κ1) is 41.5. The van der Waals surface area contributed by atoms with Gasteiger partial charge in [-0.25, -0.2) is 18.7 Å². The topological polar surface area (TPSA) is 161 Å². The number of nitrogens with zero attached hydrogens (tertiary/aromatic N) is 7. The van der Waals surface area contributed by atoms with Crippen molar-refractivity contribution in [3.8, 4) is 22.4 Å². The third-order valence-corrected chi connectivity index (χ3v) is 14.3. The van der Waals surface area contributed by atoms with Gasteiger partial charge in [0.05, 0.1) is 34.7 Å². The lowest BCUT2D eigenvalue weighted by Gasteiger charge is -2.32. The lowest BCUT2D eigenvalue weighted by molar-refractivity contribution is -0.135. The highest BCUT2D eigenvalue weighted by molar-refractivity contribution is 6.00. The van der Waals surface area contributed by atoms with Crippen molar-refractivity contribution in [2.75, 3.05) is 23.8 Å². The molecule has 4 aliphatic rings. The molecule has 3 atom stereocenters. The zero-order chi connectivity index (χ0) is 45.2. The third-order valence-electron chi connectivity index (χ3n) is 14.3. The van der Waals surface area contributed by atoms with Gasteiger partial charge in [-0.1, -0.05) is 48.5 Å². The molecule has 7 aromatic rings. The number of pyridine rings is 1. The van der Waals surface area contributed by atoms with Crippen molar-refractivity contribution in [2.24, 2.45) is 13.0 Å². The molecule has 0 radical (unpaired) electrons. The number of imide groups is 1. The second-order valence-electron chi connectivity index (χ2n) is 18.4. The van der Waals surface area contributed by atoms with Gasteiger partial charge in [-0.2, -0.15) is 0 Å².